The van der Waals surface area contributed by atoms with Crippen molar-refractivity contribution in [2.24, 2.45) is 10.1 Å². The highest BCUT2D eigenvalue weighted by Gasteiger charge is 2.10. The number of unbranched alkanes of at least 4 members (excludes halogenated alkanes) is 1. The molecule has 26 heavy (non-hydrogen) atoms. The predicted molar refractivity (Wildman–Crippen MR) is 106 cm³/mol. The molecule has 1 aromatic carbocycles. The van der Waals surface area contributed by atoms with E-state index < -0.39 is 0 Å². The van der Waals surface area contributed by atoms with Crippen LogP contribution >= 0.6 is 11.3 Å². The van der Waals surface area contributed by atoms with Crippen molar-refractivity contribution in [3.63, 3.8) is 0 Å². The predicted octanol–water partition coefficient (Wildman–Crippen LogP) is 5.46. The van der Waals surface area contributed by atoms with E-state index in [1.54, 1.807) is 13.4 Å². The molecule has 0 radical (unpaired) electrons. The van der Waals surface area contributed by atoms with E-state index in [-0.39, 0.29) is 0 Å². The molecule has 2 heterocycles. The number of methoxy groups -OCH3 is 1. The first-order valence-corrected chi connectivity index (χ1v) is 9.57. The van der Waals surface area contributed by atoms with Crippen molar-refractivity contribution < 1.29 is 9.15 Å². The Kier molecular flexibility index (Phi) is 6.07. The van der Waals surface area contributed by atoms with Crippen LogP contribution in [0, 0.1) is 0 Å². The Balaban J connectivity index is 2.08. The molecule has 0 saturated carbocycles. The standard InChI is InChI=1S/C20H23N3O2S/c1-4-5-8-15(2)22-23-18(19-11-7-12-25-19)14-26-20(23)21-16-9-6-10-17(13-16)24-3/h6-7,9-14H,4-5,8H2,1-3H3. The van der Waals surface area contributed by atoms with Gasteiger partial charge in [-0.25, -0.2) is 9.67 Å². The van der Waals surface area contributed by atoms with Crippen LogP contribution in [-0.4, -0.2) is 17.5 Å². The molecule has 0 saturated heterocycles. The summed E-state index contributed by atoms with van der Waals surface area (Å²) in [6, 6.07) is 11.5. The summed E-state index contributed by atoms with van der Waals surface area (Å²) in [4.78, 5) is 5.56. The van der Waals surface area contributed by atoms with Gasteiger partial charge in [-0.15, -0.1) is 11.3 Å². The fraction of sp³-hybridized carbons (Fsp3) is 0.300. The van der Waals surface area contributed by atoms with Gasteiger partial charge in [0.05, 0.1) is 19.1 Å². The Hall–Kier alpha value is -2.60. The minimum Gasteiger partial charge on any atom is -0.497 e. The van der Waals surface area contributed by atoms with Crippen LogP contribution in [0.1, 0.15) is 33.1 Å². The summed E-state index contributed by atoms with van der Waals surface area (Å²) in [5, 5.41) is 6.83. The molecule has 3 rings (SSSR count). The molecule has 136 valence electrons. The van der Waals surface area contributed by atoms with Crippen LogP contribution in [0.3, 0.4) is 0 Å². The van der Waals surface area contributed by atoms with Gasteiger partial charge in [0.1, 0.15) is 11.4 Å². The van der Waals surface area contributed by atoms with Gasteiger partial charge < -0.3 is 9.15 Å². The molecule has 0 aliphatic rings. The van der Waals surface area contributed by atoms with E-state index in [2.05, 4.69) is 13.8 Å². The van der Waals surface area contributed by atoms with Crippen molar-refractivity contribution in [2.75, 3.05) is 7.11 Å². The van der Waals surface area contributed by atoms with Gasteiger partial charge >= 0.3 is 0 Å². The number of furan rings is 1. The average molecular weight is 369 g/mol. The zero-order valence-corrected chi connectivity index (χ0v) is 16.1. The number of ether oxygens (including phenoxy) is 1. The molecule has 2 aromatic heterocycles. The second kappa shape index (κ2) is 8.67. The zero-order valence-electron chi connectivity index (χ0n) is 15.3. The van der Waals surface area contributed by atoms with Gasteiger partial charge in [0.25, 0.3) is 0 Å². The monoisotopic (exact) mass is 369 g/mol. The highest BCUT2D eigenvalue weighted by atomic mass is 32.1. The number of benzene rings is 1. The molecule has 0 atom stereocenters. The van der Waals surface area contributed by atoms with E-state index in [9.17, 15) is 0 Å². The van der Waals surface area contributed by atoms with E-state index in [0.717, 1.165) is 52.7 Å². The van der Waals surface area contributed by atoms with Crippen molar-refractivity contribution in [3.05, 3.63) is 52.8 Å². The van der Waals surface area contributed by atoms with Gasteiger partial charge in [-0.3, -0.25) is 0 Å². The summed E-state index contributed by atoms with van der Waals surface area (Å²) in [6.45, 7) is 4.24. The smallest absolute Gasteiger partial charge is 0.211 e. The third kappa shape index (κ3) is 4.32. The Labute approximate surface area is 157 Å². The average Bonchev–Trinajstić information content (AvgIpc) is 3.31. The summed E-state index contributed by atoms with van der Waals surface area (Å²) >= 11 is 1.54. The summed E-state index contributed by atoms with van der Waals surface area (Å²) in [6.07, 6.45) is 4.91. The lowest BCUT2D eigenvalue weighted by Crippen LogP contribution is -2.13. The first kappa shape index (κ1) is 18.2. The molecule has 0 aliphatic carbocycles. The fourth-order valence-electron chi connectivity index (χ4n) is 2.51. The number of nitrogens with zero attached hydrogens (tertiary/aromatic N) is 3. The minimum atomic E-state index is 0.778. The molecule has 6 heteroatoms. The van der Waals surface area contributed by atoms with Crippen molar-refractivity contribution in [1.29, 1.82) is 0 Å². The van der Waals surface area contributed by atoms with Crippen LogP contribution in [0.2, 0.25) is 0 Å². The van der Waals surface area contributed by atoms with E-state index >= 15 is 0 Å². The first-order valence-electron chi connectivity index (χ1n) is 8.69. The van der Waals surface area contributed by atoms with E-state index in [1.165, 1.54) is 11.3 Å². The van der Waals surface area contributed by atoms with Crippen LogP contribution in [0.5, 0.6) is 5.75 Å². The maximum Gasteiger partial charge on any atom is 0.211 e. The third-order valence-electron chi connectivity index (χ3n) is 3.90. The highest BCUT2D eigenvalue weighted by Crippen LogP contribution is 2.23. The second-order valence-corrected chi connectivity index (χ2v) is 6.78. The Morgan fingerprint density at radius 1 is 1.27 bits per heavy atom. The minimum absolute atomic E-state index is 0.778. The van der Waals surface area contributed by atoms with Gasteiger partial charge in [0.15, 0.2) is 5.76 Å². The van der Waals surface area contributed by atoms with Crippen LogP contribution in [0.25, 0.3) is 11.5 Å². The summed E-state index contributed by atoms with van der Waals surface area (Å²) in [7, 11) is 1.65. The quantitative estimate of drug-likeness (QED) is 0.519. The number of aromatic nitrogens is 1. The van der Waals surface area contributed by atoms with Crippen LogP contribution in [0.4, 0.5) is 5.69 Å². The molecular weight excluding hydrogens is 346 g/mol. The molecular formula is C20H23N3O2S. The Morgan fingerprint density at radius 2 is 2.15 bits per heavy atom. The van der Waals surface area contributed by atoms with Crippen molar-refractivity contribution in [3.8, 4) is 17.2 Å². The number of hydrogen-bond acceptors (Lipinski definition) is 5. The second-order valence-electron chi connectivity index (χ2n) is 5.94. The third-order valence-corrected chi connectivity index (χ3v) is 4.72. The lowest BCUT2D eigenvalue weighted by molar-refractivity contribution is 0.415. The van der Waals surface area contributed by atoms with E-state index in [0.29, 0.717) is 0 Å². The van der Waals surface area contributed by atoms with Crippen LogP contribution < -0.4 is 9.54 Å². The lowest BCUT2D eigenvalue weighted by atomic mass is 10.2. The SMILES string of the molecule is CCCCC(C)=Nn1c(-c2ccco2)csc1=Nc1cccc(OC)c1. The zero-order chi connectivity index (χ0) is 18.4. The number of hydrogen-bond donors (Lipinski definition) is 0. The molecule has 0 amide bonds. The molecule has 0 spiro atoms. The summed E-state index contributed by atoms with van der Waals surface area (Å²) in [5.74, 6) is 1.56. The number of thiazole rings is 1. The van der Waals surface area contributed by atoms with Gasteiger partial charge in [-0.2, -0.15) is 5.10 Å². The normalized spacial score (nSPS) is 12.6. The van der Waals surface area contributed by atoms with Gasteiger partial charge in [-0.1, -0.05) is 19.4 Å². The fourth-order valence-corrected chi connectivity index (χ4v) is 3.34. The molecule has 0 aliphatic heterocycles. The van der Waals surface area contributed by atoms with Crippen molar-refractivity contribution in [1.82, 2.24) is 4.68 Å². The maximum atomic E-state index is 5.58. The van der Waals surface area contributed by atoms with Crippen LogP contribution in [0.15, 0.2) is 62.6 Å². The van der Waals surface area contributed by atoms with Crippen LogP contribution in [-0.2, 0) is 0 Å². The summed E-state index contributed by atoms with van der Waals surface area (Å²) < 4.78 is 12.7. The van der Waals surface area contributed by atoms with Crippen molar-refractivity contribution in [2.45, 2.75) is 33.1 Å². The topological polar surface area (TPSA) is 52.0 Å². The van der Waals surface area contributed by atoms with Crippen molar-refractivity contribution >= 4 is 22.7 Å². The first-order chi connectivity index (χ1) is 12.7. The van der Waals surface area contributed by atoms with E-state index in [4.69, 9.17) is 19.2 Å². The van der Waals surface area contributed by atoms with Gasteiger partial charge in [0, 0.05) is 17.2 Å². The van der Waals surface area contributed by atoms with Gasteiger partial charge in [0.2, 0.25) is 4.80 Å². The molecule has 3 aromatic rings. The molecule has 0 bridgehead atoms. The Bertz CT molecular complexity index is 936. The highest BCUT2D eigenvalue weighted by molar-refractivity contribution is 7.07. The largest absolute Gasteiger partial charge is 0.497 e. The number of rotatable bonds is 7. The van der Waals surface area contributed by atoms with E-state index in [1.807, 2.05) is 46.5 Å². The van der Waals surface area contributed by atoms with Gasteiger partial charge in [-0.05, 0) is 44.0 Å². The molecule has 0 unspecified atom stereocenters. The molecule has 0 fully saturated rings. The maximum absolute atomic E-state index is 5.58. The molecule has 5 nitrogen and oxygen atoms in total. The lowest BCUT2D eigenvalue weighted by Gasteiger charge is -2.04. The molecule has 0 N–H and O–H groups in total. The summed E-state index contributed by atoms with van der Waals surface area (Å²) in [5.41, 5.74) is 2.80. The Morgan fingerprint density at radius 3 is 2.88 bits per heavy atom.